The zero-order valence-corrected chi connectivity index (χ0v) is 11.8. The number of rotatable bonds is 2. The van der Waals surface area contributed by atoms with E-state index in [1.807, 2.05) is 4.90 Å². The van der Waals surface area contributed by atoms with Crippen molar-refractivity contribution in [3.8, 4) is 0 Å². The molecule has 1 amide bonds. The predicted molar refractivity (Wildman–Crippen MR) is 71.8 cm³/mol. The molecule has 2 rings (SSSR count). The molecule has 0 bridgehead atoms. The monoisotopic (exact) mass is 314 g/mol. The van der Waals surface area contributed by atoms with Crippen LogP contribution in [0.15, 0.2) is 22.7 Å². The summed E-state index contributed by atoms with van der Waals surface area (Å²) in [6.45, 7) is 4.32. The standard InChI is InChI=1S/C13H16BrFN2O/c1-9-8-17(5-4-16-9)13(18)7-10-2-3-11(14)12(15)6-10/h2-3,6,9,16H,4-5,7-8H2,1H3/t9-/m0/s1. The lowest BCUT2D eigenvalue weighted by molar-refractivity contribution is -0.131. The van der Waals surface area contributed by atoms with Crippen LogP contribution < -0.4 is 5.32 Å². The van der Waals surface area contributed by atoms with E-state index in [1.54, 1.807) is 12.1 Å². The summed E-state index contributed by atoms with van der Waals surface area (Å²) in [7, 11) is 0. The number of nitrogens with zero attached hydrogens (tertiary/aromatic N) is 1. The van der Waals surface area contributed by atoms with Crippen LogP contribution in [-0.4, -0.2) is 36.5 Å². The quantitative estimate of drug-likeness (QED) is 0.905. The number of amides is 1. The van der Waals surface area contributed by atoms with Gasteiger partial charge in [-0.15, -0.1) is 0 Å². The number of hydrogen-bond donors (Lipinski definition) is 1. The molecule has 1 N–H and O–H groups in total. The number of piperazine rings is 1. The van der Waals surface area contributed by atoms with Crippen LogP contribution in [-0.2, 0) is 11.2 Å². The zero-order chi connectivity index (χ0) is 13.1. The first-order valence-corrected chi connectivity index (χ1v) is 6.80. The van der Waals surface area contributed by atoms with Crippen molar-refractivity contribution in [1.29, 1.82) is 0 Å². The highest BCUT2D eigenvalue weighted by Crippen LogP contribution is 2.17. The molecule has 1 aliphatic rings. The van der Waals surface area contributed by atoms with E-state index < -0.39 is 0 Å². The SMILES string of the molecule is C[C@H]1CN(C(=O)Cc2ccc(Br)c(F)c2)CCN1. The summed E-state index contributed by atoms with van der Waals surface area (Å²) >= 11 is 3.10. The first kappa shape index (κ1) is 13.5. The van der Waals surface area contributed by atoms with Crippen molar-refractivity contribution < 1.29 is 9.18 Å². The van der Waals surface area contributed by atoms with Gasteiger partial charge in [-0.05, 0) is 40.5 Å². The van der Waals surface area contributed by atoms with E-state index in [0.717, 1.165) is 19.6 Å². The average Bonchev–Trinajstić information content (AvgIpc) is 2.34. The Morgan fingerprint density at radius 3 is 3.06 bits per heavy atom. The second-order valence-electron chi connectivity index (χ2n) is 4.62. The van der Waals surface area contributed by atoms with Crippen LogP contribution in [0.3, 0.4) is 0 Å². The summed E-state index contributed by atoms with van der Waals surface area (Å²) in [5.74, 6) is -0.265. The van der Waals surface area contributed by atoms with Crippen LogP contribution in [0.2, 0.25) is 0 Å². The van der Waals surface area contributed by atoms with Gasteiger partial charge in [-0.2, -0.15) is 0 Å². The third-order valence-corrected chi connectivity index (χ3v) is 3.70. The van der Waals surface area contributed by atoms with Gasteiger partial charge in [-0.25, -0.2) is 4.39 Å². The largest absolute Gasteiger partial charge is 0.340 e. The fourth-order valence-corrected chi connectivity index (χ4v) is 2.34. The van der Waals surface area contributed by atoms with Gasteiger partial charge in [0.1, 0.15) is 5.82 Å². The molecule has 1 heterocycles. The number of nitrogens with one attached hydrogen (secondary N) is 1. The first-order chi connectivity index (χ1) is 8.56. The summed E-state index contributed by atoms with van der Waals surface area (Å²) in [6, 6.07) is 5.15. The third kappa shape index (κ3) is 3.29. The molecular formula is C13H16BrFN2O. The molecule has 1 aliphatic heterocycles. The maximum atomic E-state index is 13.4. The molecular weight excluding hydrogens is 299 g/mol. The van der Waals surface area contributed by atoms with Gasteiger partial charge in [0, 0.05) is 25.7 Å². The molecule has 0 aromatic heterocycles. The van der Waals surface area contributed by atoms with Crippen molar-refractivity contribution in [2.75, 3.05) is 19.6 Å². The predicted octanol–water partition coefficient (Wildman–Crippen LogP) is 1.95. The van der Waals surface area contributed by atoms with E-state index >= 15 is 0 Å². The maximum absolute atomic E-state index is 13.4. The van der Waals surface area contributed by atoms with Gasteiger partial charge >= 0.3 is 0 Å². The van der Waals surface area contributed by atoms with Gasteiger partial charge in [0.25, 0.3) is 0 Å². The second-order valence-corrected chi connectivity index (χ2v) is 5.47. The van der Waals surface area contributed by atoms with Crippen LogP contribution >= 0.6 is 15.9 Å². The molecule has 0 saturated carbocycles. The van der Waals surface area contributed by atoms with E-state index in [-0.39, 0.29) is 18.1 Å². The van der Waals surface area contributed by atoms with Crippen molar-refractivity contribution in [2.24, 2.45) is 0 Å². The van der Waals surface area contributed by atoms with Crippen molar-refractivity contribution in [2.45, 2.75) is 19.4 Å². The minimum atomic E-state index is -0.325. The van der Waals surface area contributed by atoms with E-state index in [4.69, 9.17) is 0 Å². The summed E-state index contributed by atoms with van der Waals surface area (Å²) in [5.41, 5.74) is 0.715. The summed E-state index contributed by atoms with van der Waals surface area (Å²) in [4.78, 5) is 13.9. The molecule has 98 valence electrons. The number of benzene rings is 1. The van der Waals surface area contributed by atoms with Crippen molar-refractivity contribution >= 4 is 21.8 Å². The lowest BCUT2D eigenvalue weighted by atomic mass is 10.1. The molecule has 5 heteroatoms. The van der Waals surface area contributed by atoms with Gasteiger partial charge in [0.05, 0.1) is 10.9 Å². The van der Waals surface area contributed by atoms with Crippen molar-refractivity contribution in [3.63, 3.8) is 0 Å². The number of hydrogen-bond acceptors (Lipinski definition) is 2. The van der Waals surface area contributed by atoms with E-state index in [0.29, 0.717) is 16.1 Å². The normalized spacial score (nSPS) is 19.9. The average molecular weight is 315 g/mol. The Labute approximate surface area is 114 Å². The number of carbonyl (C=O) groups excluding carboxylic acids is 1. The Bertz CT molecular complexity index is 453. The Hall–Kier alpha value is -0.940. The summed E-state index contributed by atoms with van der Waals surface area (Å²) < 4.78 is 13.8. The van der Waals surface area contributed by atoms with E-state index in [9.17, 15) is 9.18 Å². The lowest BCUT2D eigenvalue weighted by Gasteiger charge is -2.32. The third-order valence-electron chi connectivity index (χ3n) is 3.06. The van der Waals surface area contributed by atoms with Gasteiger partial charge < -0.3 is 10.2 Å². The lowest BCUT2D eigenvalue weighted by Crippen LogP contribution is -2.51. The number of carbonyl (C=O) groups is 1. The molecule has 3 nitrogen and oxygen atoms in total. The fraction of sp³-hybridized carbons (Fsp3) is 0.462. The molecule has 1 atom stereocenters. The Morgan fingerprint density at radius 2 is 2.39 bits per heavy atom. The maximum Gasteiger partial charge on any atom is 0.227 e. The summed E-state index contributed by atoms with van der Waals surface area (Å²) in [5, 5.41) is 3.29. The van der Waals surface area contributed by atoms with Crippen LogP contribution in [0.25, 0.3) is 0 Å². The van der Waals surface area contributed by atoms with Crippen LogP contribution in [0.1, 0.15) is 12.5 Å². The zero-order valence-electron chi connectivity index (χ0n) is 10.2. The minimum absolute atomic E-state index is 0.0603. The molecule has 1 aromatic rings. The van der Waals surface area contributed by atoms with Gasteiger partial charge in [0.2, 0.25) is 5.91 Å². The molecule has 18 heavy (non-hydrogen) atoms. The highest BCUT2D eigenvalue weighted by molar-refractivity contribution is 9.10. The Balaban J connectivity index is 2.00. The molecule has 0 aliphatic carbocycles. The van der Waals surface area contributed by atoms with Gasteiger partial charge in [0.15, 0.2) is 0 Å². The molecule has 0 unspecified atom stereocenters. The van der Waals surface area contributed by atoms with Gasteiger partial charge in [-0.3, -0.25) is 4.79 Å². The number of halogens is 2. The highest BCUT2D eigenvalue weighted by Gasteiger charge is 2.20. The van der Waals surface area contributed by atoms with Crippen molar-refractivity contribution in [1.82, 2.24) is 10.2 Å². The molecule has 0 spiro atoms. The first-order valence-electron chi connectivity index (χ1n) is 6.01. The van der Waals surface area contributed by atoms with Crippen molar-refractivity contribution in [3.05, 3.63) is 34.1 Å². The molecule has 0 radical (unpaired) electrons. The van der Waals surface area contributed by atoms with E-state index in [2.05, 4.69) is 28.2 Å². The smallest absolute Gasteiger partial charge is 0.227 e. The minimum Gasteiger partial charge on any atom is -0.340 e. The van der Waals surface area contributed by atoms with Gasteiger partial charge in [-0.1, -0.05) is 6.07 Å². The Kier molecular flexibility index (Phi) is 4.35. The summed E-state index contributed by atoms with van der Waals surface area (Å²) in [6.07, 6.45) is 0.261. The molecule has 1 aromatic carbocycles. The Morgan fingerprint density at radius 1 is 1.61 bits per heavy atom. The van der Waals surface area contributed by atoms with E-state index in [1.165, 1.54) is 6.07 Å². The second kappa shape index (κ2) is 5.80. The van der Waals surface area contributed by atoms with Crippen LogP contribution in [0.5, 0.6) is 0 Å². The van der Waals surface area contributed by atoms with Crippen LogP contribution in [0, 0.1) is 5.82 Å². The molecule has 1 fully saturated rings. The van der Waals surface area contributed by atoms with Crippen LogP contribution in [0.4, 0.5) is 4.39 Å². The molecule has 1 saturated heterocycles. The highest BCUT2D eigenvalue weighted by atomic mass is 79.9. The topological polar surface area (TPSA) is 32.3 Å². The fourth-order valence-electron chi connectivity index (χ4n) is 2.09.